The van der Waals surface area contributed by atoms with Gasteiger partial charge in [0.15, 0.2) is 11.6 Å². The van der Waals surface area contributed by atoms with E-state index < -0.39 is 27.4 Å². The summed E-state index contributed by atoms with van der Waals surface area (Å²) in [6.45, 7) is 5.41. The minimum Gasteiger partial charge on any atom is -0.497 e. The number of hydrogen-bond acceptors (Lipinski definition) is 10. The van der Waals surface area contributed by atoms with Gasteiger partial charge in [-0.05, 0) is 44.0 Å². The Morgan fingerprint density at radius 3 is 2.69 bits per heavy atom. The number of aliphatic hydroxyl groups excluding tert-OH is 1. The van der Waals surface area contributed by atoms with E-state index in [-0.39, 0.29) is 25.0 Å². The van der Waals surface area contributed by atoms with Crippen LogP contribution in [-0.2, 0) is 14.8 Å². The number of aliphatic hydroxyl groups is 1. The lowest BCUT2D eigenvalue weighted by Gasteiger charge is -2.24. The summed E-state index contributed by atoms with van der Waals surface area (Å²) in [5, 5.41) is 17.3. The number of aryl methyl sites for hydroxylation is 1. The third kappa shape index (κ3) is 5.13. The molecule has 4 rings (SSSR count). The van der Waals surface area contributed by atoms with Gasteiger partial charge in [-0.25, -0.2) is 18.4 Å². The summed E-state index contributed by atoms with van der Waals surface area (Å²) in [4.78, 5) is 8.58. The van der Waals surface area contributed by atoms with Crippen molar-refractivity contribution in [2.45, 2.75) is 44.6 Å². The fourth-order valence-electron chi connectivity index (χ4n) is 3.82. The van der Waals surface area contributed by atoms with Gasteiger partial charge in [-0.2, -0.15) is 0 Å². The largest absolute Gasteiger partial charge is 0.497 e. The van der Waals surface area contributed by atoms with E-state index in [1.807, 2.05) is 13.8 Å². The second-order valence-corrected chi connectivity index (χ2v) is 10.5. The third-order valence-electron chi connectivity index (χ3n) is 5.84. The highest BCUT2D eigenvalue weighted by Crippen LogP contribution is 2.38. The predicted molar refractivity (Wildman–Crippen MR) is 131 cm³/mol. The van der Waals surface area contributed by atoms with E-state index in [2.05, 4.69) is 24.9 Å². The molecule has 0 saturated carbocycles. The maximum atomic E-state index is 13.5. The number of nitrogens with zero attached hydrogens (tertiary/aromatic N) is 5. The van der Waals surface area contributed by atoms with Gasteiger partial charge in [-0.3, -0.25) is 9.29 Å². The van der Waals surface area contributed by atoms with Crippen molar-refractivity contribution >= 4 is 16.0 Å². The van der Waals surface area contributed by atoms with Crippen molar-refractivity contribution in [2.75, 3.05) is 31.7 Å². The van der Waals surface area contributed by atoms with Crippen LogP contribution in [0.5, 0.6) is 11.5 Å². The number of hydrogen-bond donors (Lipinski definition) is 2. The summed E-state index contributed by atoms with van der Waals surface area (Å²) < 4.78 is 48.1. The van der Waals surface area contributed by atoms with Gasteiger partial charge in [-0.1, -0.05) is 6.92 Å². The molecule has 0 radical (unpaired) electrons. The van der Waals surface area contributed by atoms with Crippen LogP contribution in [0.2, 0.25) is 0 Å². The highest BCUT2D eigenvalue weighted by molar-refractivity contribution is 7.93. The molecule has 3 atom stereocenters. The van der Waals surface area contributed by atoms with Crippen LogP contribution in [-0.4, -0.2) is 70.4 Å². The summed E-state index contributed by atoms with van der Waals surface area (Å²) in [7, 11) is -2.53. The number of rotatable bonds is 10. The first-order valence-electron chi connectivity index (χ1n) is 11.6. The van der Waals surface area contributed by atoms with E-state index in [9.17, 15) is 13.5 Å². The number of fused-ring (bicyclic) bond motifs is 3. The molecule has 0 saturated heterocycles. The third-order valence-corrected chi connectivity index (χ3v) is 7.53. The molecule has 1 aliphatic heterocycles. The van der Waals surface area contributed by atoms with Crippen LogP contribution in [0.25, 0.3) is 11.4 Å². The van der Waals surface area contributed by atoms with Gasteiger partial charge in [-0.15, -0.1) is 10.2 Å². The van der Waals surface area contributed by atoms with Gasteiger partial charge < -0.3 is 19.3 Å². The molecule has 0 unspecified atom stereocenters. The zero-order valence-electron chi connectivity index (χ0n) is 20.6. The molecule has 0 spiro atoms. The minimum absolute atomic E-state index is 0.0470. The lowest BCUT2D eigenvalue weighted by Crippen LogP contribution is -2.34. The van der Waals surface area contributed by atoms with Crippen LogP contribution >= 0.6 is 0 Å². The fourth-order valence-corrected chi connectivity index (χ4v) is 4.92. The average molecular weight is 519 g/mol. The maximum Gasteiger partial charge on any atom is 0.240 e. The average Bonchev–Trinajstić information content (AvgIpc) is 3.20. The van der Waals surface area contributed by atoms with E-state index in [1.165, 1.54) is 18.6 Å². The fraction of sp³-hybridized carbons (Fsp3) is 0.478. The van der Waals surface area contributed by atoms with Gasteiger partial charge in [0.2, 0.25) is 16.0 Å². The smallest absolute Gasteiger partial charge is 0.240 e. The Morgan fingerprint density at radius 2 is 2.03 bits per heavy atom. The molecule has 12 nitrogen and oxygen atoms in total. The Kier molecular flexibility index (Phi) is 7.71. The van der Waals surface area contributed by atoms with Crippen LogP contribution < -0.4 is 14.2 Å². The van der Waals surface area contributed by atoms with E-state index in [4.69, 9.17) is 14.2 Å². The molecule has 1 aromatic carbocycles. The number of benzene rings is 1. The number of aromatic nitrogens is 5. The standard InChI is InChI=1S/C23H30N6O6S/c1-5-8-34-20(21-24-10-14(2)11-25-21)15(3)36(31,32)28-23-27-26-22-18-9-17(33-4)6-7-19(18)35-13-16(12-30)29(22)23/h6-7,9-11,15-16,20,30H,5,8,12-13H2,1-4H3,(H,27,28)/t15-,16+,20+/m0/s1. The highest BCUT2D eigenvalue weighted by atomic mass is 32.2. The Bertz CT molecular complexity index is 1300. The van der Waals surface area contributed by atoms with Crippen LogP contribution in [0.4, 0.5) is 5.95 Å². The number of nitrogens with one attached hydrogen (secondary N) is 1. The first kappa shape index (κ1) is 25.8. The van der Waals surface area contributed by atoms with E-state index >= 15 is 0 Å². The molecule has 0 bridgehead atoms. The summed E-state index contributed by atoms with van der Waals surface area (Å²) in [6.07, 6.45) is 3.03. The molecule has 2 N–H and O–H groups in total. The quantitative estimate of drug-likeness (QED) is 0.409. The Balaban J connectivity index is 1.70. The second kappa shape index (κ2) is 10.8. The van der Waals surface area contributed by atoms with E-state index in [0.29, 0.717) is 35.9 Å². The van der Waals surface area contributed by atoms with Crippen molar-refractivity contribution in [3.63, 3.8) is 0 Å². The summed E-state index contributed by atoms with van der Waals surface area (Å²) >= 11 is 0. The van der Waals surface area contributed by atoms with Crippen molar-refractivity contribution in [1.82, 2.24) is 24.7 Å². The molecule has 0 amide bonds. The van der Waals surface area contributed by atoms with Crippen molar-refractivity contribution in [1.29, 1.82) is 0 Å². The molecule has 2 aromatic heterocycles. The monoisotopic (exact) mass is 518 g/mol. The van der Waals surface area contributed by atoms with Crippen LogP contribution in [0.1, 0.15) is 43.8 Å². The predicted octanol–water partition coefficient (Wildman–Crippen LogP) is 2.28. The zero-order valence-corrected chi connectivity index (χ0v) is 21.4. The number of ether oxygens (including phenoxy) is 3. The van der Waals surface area contributed by atoms with Gasteiger partial charge in [0.1, 0.15) is 29.5 Å². The topological polar surface area (TPSA) is 151 Å². The molecular formula is C23H30N6O6S. The van der Waals surface area contributed by atoms with Crippen molar-refractivity contribution in [2.24, 2.45) is 0 Å². The van der Waals surface area contributed by atoms with Crippen LogP contribution in [0, 0.1) is 6.92 Å². The Morgan fingerprint density at radius 1 is 1.28 bits per heavy atom. The molecule has 3 aromatic rings. The molecule has 3 heterocycles. The van der Waals surface area contributed by atoms with Crippen molar-refractivity contribution < 1.29 is 27.7 Å². The summed E-state index contributed by atoms with van der Waals surface area (Å²) in [6, 6.07) is 4.57. The maximum absolute atomic E-state index is 13.5. The normalized spacial score (nSPS) is 16.8. The Hall–Kier alpha value is -3.29. The lowest BCUT2D eigenvalue weighted by atomic mass is 10.1. The molecular weight excluding hydrogens is 488 g/mol. The zero-order chi connectivity index (χ0) is 25.9. The SMILES string of the molecule is CCCO[C@@H](c1ncc(C)cn1)[C@H](C)S(=O)(=O)Nc1nnc2n1[C@H](CO)COc1ccc(OC)cc1-2. The summed E-state index contributed by atoms with van der Waals surface area (Å²) in [5.41, 5.74) is 1.41. The van der Waals surface area contributed by atoms with E-state index in [1.54, 1.807) is 30.6 Å². The number of sulfonamides is 1. The Labute approximate surface area is 209 Å². The van der Waals surface area contributed by atoms with Crippen LogP contribution in [0.15, 0.2) is 30.6 Å². The van der Waals surface area contributed by atoms with Crippen molar-refractivity contribution in [3.05, 3.63) is 42.0 Å². The minimum atomic E-state index is -4.06. The van der Waals surface area contributed by atoms with Gasteiger partial charge in [0.25, 0.3) is 0 Å². The highest BCUT2D eigenvalue weighted by Gasteiger charge is 2.36. The summed E-state index contributed by atoms with van der Waals surface area (Å²) in [5.74, 6) is 1.65. The first-order valence-corrected chi connectivity index (χ1v) is 13.1. The molecule has 0 aliphatic carbocycles. The second-order valence-electron chi connectivity index (χ2n) is 8.49. The number of anilines is 1. The van der Waals surface area contributed by atoms with Gasteiger partial charge in [0.05, 0.1) is 25.3 Å². The van der Waals surface area contributed by atoms with E-state index in [0.717, 1.165) is 5.56 Å². The van der Waals surface area contributed by atoms with Crippen molar-refractivity contribution in [3.8, 4) is 22.9 Å². The molecule has 13 heteroatoms. The number of methoxy groups -OCH3 is 1. The van der Waals surface area contributed by atoms with Gasteiger partial charge >= 0.3 is 0 Å². The molecule has 194 valence electrons. The van der Waals surface area contributed by atoms with Gasteiger partial charge in [0, 0.05) is 19.0 Å². The lowest BCUT2D eigenvalue weighted by molar-refractivity contribution is 0.0466. The molecule has 0 fully saturated rings. The molecule has 1 aliphatic rings. The first-order chi connectivity index (χ1) is 17.3. The molecule has 36 heavy (non-hydrogen) atoms. The van der Waals surface area contributed by atoms with Crippen LogP contribution in [0.3, 0.4) is 0 Å².